The summed E-state index contributed by atoms with van der Waals surface area (Å²) in [5.41, 5.74) is 3.85. The van der Waals surface area contributed by atoms with E-state index in [1.54, 1.807) is 0 Å². The molecule has 0 amide bonds. The van der Waals surface area contributed by atoms with E-state index in [4.69, 9.17) is 0 Å². The minimum absolute atomic E-state index is 0.951. The van der Waals surface area contributed by atoms with Crippen LogP contribution >= 0.6 is 22.6 Å². The number of benzene rings is 2. The van der Waals surface area contributed by atoms with E-state index in [0.29, 0.717) is 0 Å². The molecule has 2 aromatic carbocycles. The smallest absolute Gasteiger partial charge is 0.103 e. The minimum Gasteiger partial charge on any atom is -0.244 e. The van der Waals surface area contributed by atoms with E-state index < -0.39 is 0 Å². The Morgan fingerprint density at radius 1 is 0.733 bits per heavy atom. The molecule has 0 spiro atoms. The van der Waals surface area contributed by atoms with Crippen molar-refractivity contribution in [3.8, 4) is 0 Å². The van der Waals surface area contributed by atoms with Gasteiger partial charge in [0.1, 0.15) is 5.52 Å². The predicted octanol–water partition coefficient (Wildman–Crippen LogP) is 3.39. The third-order valence-corrected chi connectivity index (χ3v) is 3.19. The van der Waals surface area contributed by atoms with Crippen molar-refractivity contribution >= 4 is 44.7 Å². The first kappa shape index (κ1) is 9.03. The Labute approximate surface area is 100 Å². The molecule has 0 unspecified atom stereocenters. The van der Waals surface area contributed by atoms with Gasteiger partial charge in [-0.1, -0.05) is 18.2 Å². The Morgan fingerprint density at radius 2 is 1.40 bits per heavy atom. The van der Waals surface area contributed by atoms with Crippen molar-refractivity contribution in [2.45, 2.75) is 0 Å². The molecule has 3 heteroatoms. The summed E-state index contributed by atoms with van der Waals surface area (Å²) in [4.78, 5) is 9.18. The van der Waals surface area contributed by atoms with Crippen molar-refractivity contribution < 1.29 is 0 Å². The summed E-state index contributed by atoms with van der Waals surface area (Å²) < 4.78 is 1.14. The Balaban J connectivity index is 2.53. The zero-order chi connectivity index (χ0) is 10.3. The lowest BCUT2D eigenvalue weighted by Gasteiger charge is -2.01. The maximum Gasteiger partial charge on any atom is 0.103 e. The average Bonchev–Trinajstić information content (AvgIpc) is 2.27. The molecule has 72 valence electrons. The van der Waals surface area contributed by atoms with Gasteiger partial charge < -0.3 is 0 Å². The van der Waals surface area contributed by atoms with Gasteiger partial charge >= 0.3 is 0 Å². The molecule has 0 fully saturated rings. The quantitative estimate of drug-likeness (QED) is 0.470. The Morgan fingerprint density at radius 3 is 2.20 bits per heavy atom. The molecule has 0 atom stereocenters. The molecule has 3 rings (SSSR count). The third kappa shape index (κ3) is 1.47. The van der Waals surface area contributed by atoms with E-state index >= 15 is 0 Å². The molecule has 0 saturated heterocycles. The number of hydrogen-bond acceptors (Lipinski definition) is 2. The molecule has 15 heavy (non-hydrogen) atoms. The Bertz CT molecular complexity index is 649. The van der Waals surface area contributed by atoms with Crippen molar-refractivity contribution in [2.24, 2.45) is 0 Å². The van der Waals surface area contributed by atoms with E-state index in [1.807, 2.05) is 42.5 Å². The van der Waals surface area contributed by atoms with Gasteiger partial charge in [-0.05, 0) is 46.9 Å². The fourth-order valence-corrected chi connectivity index (χ4v) is 2.21. The zero-order valence-electron chi connectivity index (χ0n) is 7.81. The number of hydrogen-bond donors (Lipinski definition) is 0. The van der Waals surface area contributed by atoms with E-state index in [2.05, 4.69) is 32.6 Å². The number of nitrogens with zero attached hydrogens (tertiary/aromatic N) is 2. The lowest BCUT2D eigenvalue weighted by Crippen LogP contribution is -1.88. The van der Waals surface area contributed by atoms with E-state index in [-0.39, 0.29) is 0 Å². The van der Waals surface area contributed by atoms with Crippen LogP contribution in [0.2, 0.25) is 0 Å². The molecule has 1 aromatic heterocycles. The summed E-state index contributed by atoms with van der Waals surface area (Å²) in [6.07, 6.45) is 0. The van der Waals surface area contributed by atoms with Gasteiger partial charge in [0, 0.05) is 3.57 Å². The summed E-state index contributed by atoms with van der Waals surface area (Å²) in [7, 11) is 0. The van der Waals surface area contributed by atoms with Crippen LogP contribution < -0.4 is 0 Å². The minimum atomic E-state index is 0.951. The normalized spacial score (nSPS) is 11.0. The second-order valence-corrected chi connectivity index (χ2v) is 4.48. The van der Waals surface area contributed by atoms with Crippen molar-refractivity contribution in [1.82, 2.24) is 9.97 Å². The predicted molar refractivity (Wildman–Crippen MR) is 69.8 cm³/mol. The lowest BCUT2D eigenvalue weighted by molar-refractivity contribution is 1.38. The summed E-state index contributed by atoms with van der Waals surface area (Å²) in [5, 5.41) is 0. The molecular weight excluding hydrogens is 299 g/mol. The SMILES string of the molecule is Ic1cccc2nc3ccccc3nc12. The van der Waals surface area contributed by atoms with Gasteiger partial charge in [-0.3, -0.25) is 0 Å². The molecule has 2 nitrogen and oxygen atoms in total. The van der Waals surface area contributed by atoms with Crippen molar-refractivity contribution in [3.05, 3.63) is 46.0 Å². The maximum absolute atomic E-state index is 4.61. The van der Waals surface area contributed by atoms with Gasteiger partial charge in [0.15, 0.2) is 0 Å². The molecule has 0 N–H and O–H groups in total. The first-order chi connectivity index (χ1) is 7.34. The molecule has 0 aliphatic rings. The van der Waals surface area contributed by atoms with E-state index in [9.17, 15) is 0 Å². The van der Waals surface area contributed by atoms with E-state index in [0.717, 1.165) is 25.6 Å². The van der Waals surface area contributed by atoms with Crippen molar-refractivity contribution in [3.63, 3.8) is 0 Å². The van der Waals surface area contributed by atoms with Crippen LogP contribution in [0, 0.1) is 3.57 Å². The Hall–Kier alpha value is -1.23. The third-order valence-electron chi connectivity index (χ3n) is 2.32. The molecule has 0 aliphatic carbocycles. The van der Waals surface area contributed by atoms with Crippen molar-refractivity contribution in [1.29, 1.82) is 0 Å². The monoisotopic (exact) mass is 306 g/mol. The first-order valence-corrected chi connectivity index (χ1v) is 5.73. The van der Waals surface area contributed by atoms with Crippen LogP contribution in [0.5, 0.6) is 0 Å². The number of para-hydroxylation sites is 3. The van der Waals surface area contributed by atoms with Gasteiger partial charge in [-0.2, -0.15) is 0 Å². The fourth-order valence-electron chi connectivity index (χ4n) is 1.61. The number of fused-ring (bicyclic) bond motifs is 2. The highest BCUT2D eigenvalue weighted by Gasteiger charge is 2.02. The van der Waals surface area contributed by atoms with Gasteiger partial charge in [-0.15, -0.1) is 0 Å². The van der Waals surface area contributed by atoms with Crippen LogP contribution in [0.25, 0.3) is 22.1 Å². The number of rotatable bonds is 0. The molecular formula is C12H7IN2. The fraction of sp³-hybridized carbons (Fsp3) is 0. The highest BCUT2D eigenvalue weighted by Crippen LogP contribution is 2.20. The molecule has 0 bridgehead atoms. The van der Waals surface area contributed by atoms with Gasteiger partial charge in [0.25, 0.3) is 0 Å². The number of halogens is 1. The molecule has 0 saturated carbocycles. The molecule has 1 heterocycles. The summed E-state index contributed by atoms with van der Waals surface area (Å²) in [5.74, 6) is 0. The van der Waals surface area contributed by atoms with Crippen LogP contribution in [-0.2, 0) is 0 Å². The average molecular weight is 306 g/mol. The summed E-state index contributed by atoms with van der Waals surface area (Å²) >= 11 is 2.29. The van der Waals surface area contributed by atoms with Crippen molar-refractivity contribution in [2.75, 3.05) is 0 Å². The molecule has 0 aliphatic heterocycles. The molecule has 0 radical (unpaired) electrons. The first-order valence-electron chi connectivity index (χ1n) is 4.65. The van der Waals surface area contributed by atoms with Gasteiger partial charge in [0.05, 0.1) is 16.6 Å². The topological polar surface area (TPSA) is 25.8 Å². The molecule has 3 aromatic rings. The highest BCUT2D eigenvalue weighted by molar-refractivity contribution is 14.1. The van der Waals surface area contributed by atoms with Gasteiger partial charge in [-0.25, -0.2) is 9.97 Å². The van der Waals surface area contributed by atoms with Crippen LogP contribution in [0.4, 0.5) is 0 Å². The largest absolute Gasteiger partial charge is 0.244 e. The van der Waals surface area contributed by atoms with Crippen LogP contribution in [0.3, 0.4) is 0 Å². The van der Waals surface area contributed by atoms with Crippen LogP contribution in [0.1, 0.15) is 0 Å². The standard InChI is InChI=1S/C12H7IN2/c13-8-4-3-7-11-12(8)15-10-6-2-1-5-9(10)14-11/h1-7H. The summed E-state index contributed by atoms with van der Waals surface area (Å²) in [6.45, 7) is 0. The Kier molecular flexibility index (Phi) is 2.05. The second-order valence-electron chi connectivity index (χ2n) is 3.32. The second kappa shape index (κ2) is 3.41. The summed E-state index contributed by atoms with van der Waals surface area (Å²) in [6, 6.07) is 14.0. The zero-order valence-corrected chi connectivity index (χ0v) is 9.97. The lowest BCUT2D eigenvalue weighted by atomic mass is 10.2. The van der Waals surface area contributed by atoms with Crippen LogP contribution in [0.15, 0.2) is 42.5 Å². The van der Waals surface area contributed by atoms with E-state index in [1.165, 1.54) is 0 Å². The highest BCUT2D eigenvalue weighted by atomic mass is 127. The van der Waals surface area contributed by atoms with Crippen LogP contribution in [-0.4, -0.2) is 9.97 Å². The van der Waals surface area contributed by atoms with Gasteiger partial charge in [0.2, 0.25) is 0 Å². The number of aromatic nitrogens is 2. The maximum atomic E-state index is 4.61.